The SMILES string of the molecule is CCOc1ccc(C(=O)NNC(=O)/C=C/c2c(C)nn(Cc3ccc(C)cc3)c2C)cc1. The first kappa shape index (κ1) is 22.8. The van der Waals surface area contributed by atoms with E-state index in [0.717, 1.165) is 22.5 Å². The van der Waals surface area contributed by atoms with E-state index in [1.807, 2.05) is 25.5 Å². The zero-order valence-electron chi connectivity index (χ0n) is 18.8. The number of ether oxygens (including phenoxy) is 1. The van der Waals surface area contributed by atoms with Gasteiger partial charge in [-0.15, -0.1) is 0 Å². The van der Waals surface area contributed by atoms with Crippen LogP contribution in [0.15, 0.2) is 54.6 Å². The number of amides is 2. The minimum absolute atomic E-state index is 0.409. The molecule has 7 nitrogen and oxygen atoms in total. The minimum Gasteiger partial charge on any atom is -0.494 e. The molecule has 1 aromatic heterocycles. The van der Waals surface area contributed by atoms with E-state index in [4.69, 9.17) is 4.74 Å². The van der Waals surface area contributed by atoms with E-state index in [9.17, 15) is 9.59 Å². The summed E-state index contributed by atoms with van der Waals surface area (Å²) in [7, 11) is 0. The third-order valence-corrected chi connectivity index (χ3v) is 5.02. The Bertz CT molecular complexity index is 1110. The number of aromatic nitrogens is 2. The van der Waals surface area contributed by atoms with Crippen molar-refractivity contribution in [2.75, 3.05) is 6.61 Å². The first-order chi connectivity index (χ1) is 15.4. The van der Waals surface area contributed by atoms with Gasteiger partial charge in [0.15, 0.2) is 0 Å². The minimum atomic E-state index is -0.436. The molecule has 0 saturated heterocycles. The highest BCUT2D eigenvalue weighted by atomic mass is 16.5. The molecule has 0 bridgehead atoms. The number of carbonyl (C=O) groups is 2. The smallest absolute Gasteiger partial charge is 0.269 e. The first-order valence-electron chi connectivity index (χ1n) is 10.5. The van der Waals surface area contributed by atoms with E-state index >= 15 is 0 Å². The van der Waals surface area contributed by atoms with E-state index in [2.05, 4.69) is 47.1 Å². The first-order valence-corrected chi connectivity index (χ1v) is 10.5. The van der Waals surface area contributed by atoms with Crippen LogP contribution in [0.4, 0.5) is 0 Å². The second kappa shape index (κ2) is 10.4. The molecule has 0 spiro atoms. The van der Waals surface area contributed by atoms with Gasteiger partial charge in [0.2, 0.25) is 0 Å². The van der Waals surface area contributed by atoms with Gasteiger partial charge >= 0.3 is 0 Å². The Morgan fingerprint density at radius 2 is 1.69 bits per heavy atom. The van der Waals surface area contributed by atoms with Crippen LogP contribution < -0.4 is 15.6 Å². The van der Waals surface area contributed by atoms with Gasteiger partial charge in [0.1, 0.15) is 5.75 Å². The van der Waals surface area contributed by atoms with Gasteiger partial charge in [-0.25, -0.2) is 0 Å². The van der Waals surface area contributed by atoms with Crippen molar-refractivity contribution in [1.29, 1.82) is 0 Å². The Balaban J connectivity index is 1.58. The van der Waals surface area contributed by atoms with Crippen molar-refractivity contribution in [2.24, 2.45) is 0 Å². The van der Waals surface area contributed by atoms with Crippen LogP contribution in [0.1, 0.15) is 45.4 Å². The molecule has 2 amide bonds. The Hall–Kier alpha value is -3.87. The van der Waals surface area contributed by atoms with Crippen LogP contribution in [0.5, 0.6) is 5.75 Å². The van der Waals surface area contributed by atoms with Crippen LogP contribution in [0.3, 0.4) is 0 Å². The molecule has 0 radical (unpaired) electrons. The fourth-order valence-corrected chi connectivity index (χ4v) is 3.23. The van der Waals surface area contributed by atoms with Crippen LogP contribution in [0.25, 0.3) is 6.08 Å². The molecule has 2 N–H and O–H groups in total. The van der Waals surface area contributed by atoms with Gasteiger partial charge in [-0.1, -0.05) is 29.8 Å². The molecule has 0 aliphatic carbocycles. The lowest BCUT2D eigenvalue weighted by Gasteiger charge is -2.07. The van der Waals surface area contributed by atoms with Crippen molar-refractivity contribution < 1.29 is 14.3 Å². The molecule has 166 valence electrons. The maximum absolute atomic E-state index is 12.2. The number of nitrogens with zero attached hydrogens (tertiary/aromatic N) is 2. The van der Waals surface area contributed by atoms with Crippen molar-refractivity contribution >= 4 is 17.9 Å². The predicted octanol–water partition coefficient (Wildman–Crippen LogP) is 3.73. The molecule has 0 saturated carbocycles. The summed E-state index contributed by atoms with van der Waals surface area (Å²) in [6.45, 7) is 9.04. The van der Waals surface area contributed by atoms with Crippen LogP contribution in [0.2, 0.25) is 0 Å². The predicted molar refractivity (Wildman–Crippen MR) is 124 cm³/mol. The number of benzene rings is 2. The van der Waals surface area contributed by atoms with Gasteiger partial charge in [-0.3, -0.25) is 25.1 Å². The molecule has 0 atom stereocenters. The fraction of sp³-hybridized carbons (Fsp3) is 0.240. The monoisotopic (exact) mass is 432 g/mol. The van der Waals surface area contributed by atoms with E-state index < -0.39 is 11.8 Å². The summed E-state index contributed by atoms with van der Waals surface area (Å²) in [6, 6.07) is 15.0. The Morgan fingerprint density at radius 3 is 2.34 bits per heavy atom. The lowest BCUT2D eigenvalue weighted by atomic mass is 10.1. The molecular formula is C25H28N4O3. The lowest BCUT2D eigenvalue weighted by Crippen LogP contribution is -2.40. The second-order valence-corrected chi connectivity index (χ2v) is 7.46. The summed E-state index contributed by atoms with van der Waals surface area (Å²) < 4.78 is 7.28. The number of aryl methyl sites for hydroxylation is 2. The Labute approximate surface area is 188 Å². The lowest BCUT2D eigenvalue weighted by molar-refractivity contribution is -0.117. The second-order valence-electron chi connectivity index (χ2n) is 7.46. The van der Waals surface area contributed by atoms with Gasteiger partial charge in [0, 0.05) is 22.9 Å². The number of nitrogens with one attached hydrogen (secondary N) is 2. The van der Waals surface area contributed by atoms with Crippen molar-refractivity contribution in [3.63, 3.8) is 0 Å². The average molecular weight is 433 g/mol. The maximum Gasteiger partial charge on any atom is 0.269 e. The zero-order chi connectivity index (χ0) is 23.1. The maximum atomic E-state index is 12.2. The normalized spacial score (nSPS) is 10.9. The summed E-state index contributed by atoms with van der Waals surface area (Å²) in [5.41, 5.74) is 10.3. The quantitative estimate of drug-likeness (QED) is 0.440. The number of hydrogen-bond donors (Lipinski definition) is 2. The van der Waals surface area contributed by atoms with Crippen molar-refractivity contribution in [1.82, 2.24) is 20.6 Å². The molecule has 3 rings (SSSR count). The number of hydrogen-bond acceptors (Lipinski definition) is 4. The fourth-order valence-electron chi connectivity index (χ4n) is 3.23. The van der Waals surface area contributed by atoms with Crippen LogP contribution in [0, 0.1) is 20.8 Å². The topological polar surface area (TPSA) is 85.2 Å². The molecule has 7 heteroatoms. The number of rotatable bonds is 7. The third kappa shape index (κ3) is 5.85. The van der Waals surface area contributed by atoms with Crippen molar-refractivity contribution in [3.8, 4) is 5.75 Å². The summed E-state index contributed by atoms with van der Waals surface area (Å²) in [6.07, 6.45) is 3.09. The van der Waals surface area contributed by atoms with E-state index in [1.165, 1.54) is 11.6 Å². The van der Waals surface area contributed by atoms with Crippen LogP contribution in [-0.4, -0.2) is 28.2 Å². The molecule has 0 unspecified atom stereocenters. The van der Waals surface area contributed by atoms with Crippen molar-refractivity contribution in [3.05, 3.63) is 88.2 Å². The molecule has 32 heavy (non-hydrogen) atoms. The largest absolute Gasteiger partial charge is 0.494 e. The molecule has 3 aromatic rings. The molecular weight excluding hydrogens is 404 g/mol. The van der Waals surface area contributed by atoms with E-state index in [0.29, 0.717) is 24.5 Å². The van der Waals surface area contributed by atoms with E-state index in [-0.39, 0.29) is 0 Å². The highest BCUT2D eigenvalue weighted by molar-refractivity contribution is 5.98. The highest BCUT2D eigenvalue weighted by Crippen LogP contribution is 2.17. The Kier molecular flexibility index (Phi) is 7.44. The molecule has 0 aliphatic heterocycles. The summed E-state index contributed by atoms with van der Waals surface area (Å²) in [5.74, 6) is -0.160. The molecule has 1 heterocycles. The van der Waals surface area contributed by atoms with Crippen LogP contribution in [-0.2, 0) is 11.3 Å². The average Bonchev–Trinajstić information content (AvgIpc) is 3.05. The van der Waals surface area contributed by atoms with Gasteiger partial charge in [-0.05, 0) is 63.6 Å². The van der Waals surface area contributed by atoms with Crippen LogP contribution >= 0.6 is 0 Å². The van der Waals surface area contributed by atoms with Gasteiger partial charge in [0.25, 0.3) is 11.8 Å². The molecule has 0 fully saturated rings. The standard InChI is InChI=1S/C25H28N4O3/c1-5-32-22-12-10-21(11-13-22)25(31)27-26-24(30)15-14-23-18(3)28-29(19(23)4)16-20-8-6-17(2)7-9-20/h6-15H,5,16H2,1-4H3,(H,26,30)(H,27,31)/b15-14+. The summed E-state index contributed by atoms with van der Waals surface area (Å²) in [5, 5.41) is 4.59. The summed E-state index contributed by atoms with van der Waals surface area (Å²) in [4.78, 5) is 24.4. The van der Waals surface area contributed by atoms with Gasteiger partial charge in [-0.2, -0.15) is 5.10 Å². The summed E-state index contributed by atoms with van der Waals surface area (Å²) >= 11 is 0. The third-order valence-electron chi connectivity index (χ3n) is 5.02. The van der Waals surface area contributed by atoms with E-state index in [1.54, 1.807) is 30.3 Å². The van der Waals surface area contributed by atoms with Gasteiger partial charge < -0.3 is 4.74 Å². The van der Waals surface area contributed by atoms with Crippen molar-refractivity contribution in [2.45, 2.75) is 34.2 Å². The Morgan fingerprint density at radius 1 is 1.00 bits per heavy atom. The molecule has 2 aromatic carbocycles. The highest BCUT2D eigenvalue weighted by Gasteiger charge is 2.11. The number of hydrazine groups is 1. The zero-order valence-corrected chi connectivity index (χ0v) is 18.8. The number of carbonyl (C=O) groups excluding carboxylic acids is 2. The van der Waals surface area contributed by atoms with Gasteiger partial charge in [0.05, 0.1) is 18.8 Å². The molecule has 0 aliphatic rings.